The molecule has 0 spiro atoms. The van der Waals surface area contributed by atoms with E-state index in [4.69, 9.17) is 4.74 Å². The first kappa shape index (κ1) is 16.6. The number of esters is 1. The third kappa shape index (κ3) is 3.79. The second-order valence-electron chi connectivity index (χ2n) is 5.63. The Hall–Kier alpha value is -1.43. The standard InChI is InChI=1S/C14H24N2O4/c1-5-7-15-10(12(18)20-6-2)9-16-11(17)8-14(3,4)13(16)19/h10,15H,5-9H2,1-4H3. The average molecular weight is 284 g/mol. The van der Waals surface area contributed by atoms with Crippen molar-refractivity contribution in [2.45, 2.75) is 46.6 Å². The van der Waals surface area contributed by atoms with Crippen LogP contribution in [0.2, 0.25) is 0 Å². The van der Waals surface area contributed by atoms with Crippen LogP contribution in [0.4, 0.5) is 0 Å². The number of carbonyl (C=O) groups excluding carboxylic acids is 3. The van der Waals surface area contributed by atoms with Gasteiger partial charge in [-0.1, -0.05) is 20.8 Å². The zero-order chi connectivity index (χ0) is 15.3. The van der Waals surface area contributed by atoms with E-state index in [-0.39, 0.29) is 31.4 Å². The minimum absolute atomic E-state index is 0.0416. The van der Waals surface area contributed by atoms with Gasteiger partial charge < -0.3 is 10.1 Å². The van der Waals surface area contributed by atoms with E-state index in [0.717, 1.165) is 6.42 Å². The van der Waals surface area contributed by atoms with Gasteiger partial charge >= 0.3 is 5.97 Å². The van der Waals surface area contributed by atoms with Crippen LogP contribution in [-0.4, -0.2) is 48.4 Å². The highest BCUT2D eigenvalue weighted by Gasteiger charge is 2.45. The van der Waals surface area contributed by atoms with Crippen LogP contribution in [0.15, 0.2) is 0 Å². The largest absolute Gasteiger partial charge is 0.465 e. The number of amides is 2. The number of likely N-dealkylation sites (tertiary alicyclic amines) is 1. The average Bonchev–Trinajstić information content (AvgIpc) is 2.55. The first-order valence-corrected chi connectivity index (χ1v) is 7.08. The summed E-state index contributed by atoms with van der Waals surface area (Å²) in [6.45, 7) is 8.13. The molecular weight excluding hydrogens is 260 g/mol. The minimum Gasteiger partial charge on any atom is -0.465 e. The van der Waals surface area contributed by atoms with Crippen molar-refractivity contribution in [3.63, 3.8) is 0 Å². The monoisotopic (exact) mass is 284 g/mol. The van der Waals surface area contributed by atoms with E-state index in [1.165, 1.54) is 4.90 Å². The van der Waals surface area contributed by atoms with Gasteiger partial charge in [-0.05, 0) is 19.9 Å². The molecule has 0 aromatic rings. The predicted molar refractivity (Wildman–Crippen MR) is 73.8 cm³/mol. The molecule has 1 aliphatic heterocycles. The summed E-state index contributed by atoms with van der Waals surface area (Å²) < 4.78 is 4.98. The Kier molecular flexibility index (Phi) is 5.68. The molecule has 0 saturated carbocycles. The fraction of sp³-hybridized carbons (Fsp3) is 0.786. The Labute approximate surface area is 119 Å². The fourth-order valence-electron chi connectivity index (χ4n) is 2.18. The van der Waals surface area contributed by atoms with Crippen molar-refractivity contribution < 1.29 is 19.1 Å². The summed E-state index contributed by atoms with van der Waals surface area (Å²) in [5.74, 6) is -0.881. The van der Waals surface area contributed by atoms with Gasteiger partial charge in [0, 0.05) is 6.42 Å². The number of hydrogen-bond acceptors (Lipinski definition) is 5. The highest BCUT2D eigenvalue weighted by molar-refractivity contribution is 6.05. The molecule has 1 aliphatic rings. The lowest BCUT2D eigenvalue weighted by Gasteiger charge is -2.23. The summed E-state index contributed by atoms with van der Waals surface area (Å²) in [4.78, 5) is 37.1. The fourth-order valence-corrected chi connectivity index (χ4v) is 2.18. The van der Waals surface area contributed by atoms with Crippen molar-refractivity contribution in [1.82, 2.24) is 10.2 Å². The number of nitrogens with zero attached hydrogens (tertiary/aromatic N) is 1. The number of carbonyl (C=O) groups is 3. The maximum Gasteiger partial charge on any atom is 0.324 e. The molecule has 1 fully saturated rings. The number of nitrogens with one attached hydrogen (secondary N) is 1. The molecule has 1 heterocycles. The van der Waals surface area contributed by atoms with Gasteiger partial charge in [-0.15, -0.1) is 0 Å². The molecule has 1 N–H and O–H groups in total. The normalized spacial score (nSPS) is 19.3. The second-order valence-corrected chi connectivity index (χ2v) is 5.63. The molecule has 1 saturated heterocycles. The summed E-state index contributed by atoms with van der Waals surface area (Å²) in [5.41, 5.74) is -0.680. The van der Waals surface area contributed by atoms with Crippen molar-refractivity contribution >= 4 is 17.8 Å². The van der Waals surface area contributed by atoms with Crippen LogP contribution in [0.3, 0.4) is 0 Å². The van der Waals surface area contributed by atoms with E-state index in [0.29, 0.717) is 6.54 Å². The molecule has 114 valence electrons. The molecule has 1 unspecified atom stereocenters. The molecule has 2 amide bonds. The lowest BCUT2D eigenvalue weighted by Crippen LogP contribution is -2.49. The van der Waals surface area contributed by atoms with Crippen LogP contribution in [-0.2, 0) is 19.1 Å². The maximum atomic E-state index is 12.2. The first-order valence-electron chi connectivity index (χ1n) is 7.08. The van der Waals surface area contributed by atoms with Crippen molar-refractivity contribution in [2.24, 2.45) is 5.41 Å². The molecule has 0 aromatic heterocycles. The van der Waals surface area contributed by atoms with E-state index >= 15 is 0 Å². The van der Waals surface area contributed by atoms with Gasteiger partial charge in [-0.25, -0.2) is 0 Å². The molecule has 0 aromatic carbocycles. The van der Waals surface area contributed by atoms with Gasteiger partial charge in [0.1, 0.15) is 6.04 Å². The third-order valence-electron chi connectivity index (χ3n) is 3.30. The summed E-state index contributed by atoms with van der Waals surface area (Å²) >= 11 is 0. The van der Waals surface area contributed by atoms with Crippen LogP contribution in [0, 0.1) is 5.41 Å². The first-order chi connectivity index (χ1) is 9.33. The Bertz CT molecular complexity index is 393. The Morgan fingerprint density at radius 1 is 1.40 bits per heavy atom. The van der Waals surface area contributed by atoms with Crippen LogP contribution in [0.5, 0.6) is 0 Å². The number of imide groups is 1. The van der Waals surface area contributed by atoms with E-state index in [1.807, 2.05) is 6.92 Å². The lowest BCUT2D eigenvalue weighted by atomic mass is 9.92. The summed E-state index contributed by atoms with van der Waals surface area (Å²) in [7, 11) is 0. The third-order valence-corrected chi connectivity index (χ3v) is 3.30. The summed E-state index contributed by atoms with van der Waals surface area (Å²) in [5, 5.41) is 3.03. The predicted octanol–water partition coefficient (Wildman–Crippen LogP) is 0.703. The van der Waals surface area contributed by atoms with E-state index in [9.17, 15) is 14.4 Å². The Morgan fingerprint density at radius 3 is 2.50 bits per heavy atom. The van der Waals surface area contributed by atoms with E-state index in [1.54, 1.807) is 20.8 Å². The van der Waals surface area contributed by atoms with Crippen molar-refractivity contribution in [2.75, 3.05) is 19.7 Å². The summed E-state index contributed by atoms with van der Waals surface area (Å²) in [6, 6.07) is -0.656. The topological polar surface area (TPSA) is 75.7 Å². The van der Waals surface area contributed by atoms with Gasteiger partial charge in [0.05, 0.1) is 18.6 Å². The minimum atomic E-state index is -0.680. The Morgan fingerprint density at radius 2 is 2.05 bits per heavy atom. The summed E-state index contributed by atoms with van der Waals surface area (Å²) in [6.07, 6.45) is 1.04. The molecule has 6 heteroatoms. The highest BCUT2D eigenvalue weighted by Crippen LogP contribution is 2.31. The molecule has 0 aliphatic carbocycles. The SMILES string of the molecule is CCCNC(CN1C(=O)CC(C)(C)C1=O)C(=O)OCC. The van der Waals surface area contributed by atoms with Crippen molar-refractivity contribution in [3.05, 3.63) is 0 Å². The molecular formula is C14H24N2O4. The molecule has 0 radical (unpaired) electrons. The van der Waals surface area contributed by atoms with Crippen molar-refractivity contribution in [3.8, 4) is 0 Å². The molecule has 20 heavy (non-hydrogen) atoms. The zero-order valence-corrected chi connectivity index (χ0v) is 12.7. The Balaban J connectivity index is 2.76. The van der Waals surface area contributed by atoms with Gasteiger partial charge in [-0.3, -0.25) is 19.3 Å². The zero-order valence-electron chi connectivity index (χ0n) is 12.7. The molecule has 6 nitrogen and oxygen atoms in total. The van der Waals surface area contributed by atoms with Gasteiger partial charge in [0.2, 0.25) is 11.8 Å². The quantitative estimate of drug-likeness (QED) is 0.550. The van der Waals surface area contributed by atoms with Crippen LogP contribution < -0.4 is 5.32 Å². The number of hydrogen-bond donors (Lipinski definition) is 1. The number of rotatable bonds is 7. The second kappa shape index (κ2) is 6.83. The van der Waals surface area contributed by atoms with Gasteiger partial charge in [0.15, 0.2) is 0 Å². The molecule has 1 atom stereocenters. The van der Waals surface area contributed by atoms with Crippen LogP contribution in [0.25, 0.3) is 0 Å². The lowest BCUT2D eigenvalue weighted by molar-refractivity contribution is -0.148. The van der Waals surface area contributed by atoms with E-state index in [2.05, 4.69) is 5.32 Å². The van der Waals surface area contributed by atoms with Crippen LogP contribution >= 0.6 is 0 Å². The smallest absolute Gasteiger partial charge is 0.324 e. The maximum absolute atomic E-state index is 12.2. The highest BCUT2D eigenvalue weighted by atomic mass is 16.5. The van der Waals surface area contributed by atoms with Crippen molar-refractivity contribution in [1.29, 1.82) is 0 Å². The van der Waals surface area contributed by atoms with Crippen LogP contribution in [0.1, 0.15) is 40.5 Å². The molecule has 0 bridgehead atoms. The van der Waals surface area contributed by atoms with Gasteiger partial charge in [-0.2, -0.15) is 0 Å². The molecule has 1 rings (SSSR count). The van der Waals surface area contributed by atoms with E-state index < -0.39 is 17.4 Å². The van der Waals surface area contributed by atoms with Gasteiger partial charge in [0.25, 0.3) is 0 Å². The number of ether oxygens (including phenoxy) is 1.